The monoisotopic (exact) mass is 159 g/mol. The average molecular weight is 159 g/mol. The van der Waals surface area contributed by atoms with E-state index >= 15 is 0 Å². The van der Waals surface area contributed by atoms with E-state index in [-0.39, 0.29) is 0 Å². The van der Waals surface area contributed by atoms with Gasteiger partial charge in [0, 0.05) is 0 Å². The van der Waals surface area contributed by atoms with Crippen LogP contribution in [0.5, 0.6) is 0 Å². The highest BCUT2D eigenvalue weighted by Crippen LogP contribution is 2.01. The fourth-order valence-electron chi connectivity index (χ4n) is 0.589. The summed E-state index contributed by atoms with van der Waals surface area (Å²) in [5, 5.41) is 0. The summed E-state index contributed by atoms with van der Waals surface area (Å²) in [6.07, 6.45) is 0. The summed E-state index contributed by atoms with van der Waals surface area (Å²) in [6, 6.07) is 8.35. The number of hydrogen-bond donors (Lipinski definition) is 1. The molecule has 1 aromatic carbocycles. The van der Waals surface area contributed by atoms with Gasteiger partial charge in [-0.2, -0.15) is 0 Å². The van der Waals surface area contributed by atoms with Gasteiger partial charge in [-0.25, -0.2) is 4.21 Å². The van der Waals surface area contributed by atoms with Crippen molar-refractivity contribution in [1.29, 1.82) is 0 Å². The topological polar surface area (TPSA) is 29.1 Å². The minimum atomic E-state index is -1.71. The first kappa shape index (κ1) is 7.37. The summed E-state index contributed by atoms with van der Waals surface area (Å²) in [7, 11) is -1.71. The van der Waals surface area contributed by atoms with E-state index in [2.05, 4.69) is 0 Å². The second-order valence-corrected chi connectivity index (χ2v) is 2.82. The molecule has 0 spiro atoms. The van der Waals surface area contributed by atoms with Crippen LogP contribution in [0.4, 0.5) is 4.48 Å². The maximum absolute atomic E-state index is 11.5. The molecule has 1 aromatic rings. The minimum absolute atomic E-state index is 0.435. The van der Waals surface area contributed by atoms with Crippen molar-refractivity contribution in [3.8, 4) is 0 Å². The van der Waals surface area contributed by atoms with Gasteiger partial charge < -0.3 is 0 Å². The van der Waals surface area contributed by atoms with Crippen LogP contribution >= 0.6 is 0 Å². The molecule has 0 aliphatic carbocycles. The summed E-state index contributed by atoms with van der Waals surface area (Å²) in [6.45, 7) is 0. The summed E-state index contributed by atoms with van der Waals surface area (Å²) in [5.74, 6) is 0. The molecule has 0 saturated heterocycles. The molecule has 1 N–H and O–H groups in total. The Morgan fingerprint density at radius 3 is 2.40 bits per heavy atom. The van der Waals surface area contributed by atoms with Crippen LogP contribution < -0.4 is 4.94 Å². The lowest BCUT2D eigenvalue weighted by molar-refractivity contribution is 0.449. The van der Waals surface area contributed by atoms with Crippen molar-refractivity contribution in [2.45, 2.75) is 4.90 Å². The third-order valence-electron chi connectivity index (χ3n) is 1.03. The van der Waals surface area contributed by atoms with Crippen molar-refractivity contribution < 1.29 is 8.69 Å². The number of benzene rings is 1. The molecular weight excluding hydrogens is 153 g/mol. The van der Waals surface area contributed by atoms with Gasteiger partial charge >= 0.3 is 0 Å². The van der Waals surface area contributed by atoms with Gasteiger partial charge in [0.25, 0.3) is 0 Å². The maximum atomic E-state index is 11.5. The Morgan fingerprint density at radius 1 is 1.30 bits per heavy atom. The smallest absolute Gasteiger partial charge is 0.153 e. The summed E-state index contributed by atoms with van der Waals surface area (Å²) in [4.78, 5) is 1.59. The highest BCUT2D eigenvalue weighted by atomic mass is 32.2. The largest absolute Gasteiger partial charge is 0.235 e. The Bertz CT molecular complexity index is 226. The molecule has 1 atom stereocenters. The molecule has 4 heteroatoms. The van der Waals surface area contributed by atoms with Crippen molar-refractivity contribution in [1.82, 2.24) is 4.94 Å². The van der Waals surface area contributed by atoms with Crippen molar-refractivity contribution in [2.24, 2.45) is 0 Å². The van der Waals surface area contributed by atoms with Gasteiger partial charge in [0.15, 0.2) is 11.0 Å². The van der Waals surface area contributed by atoms with E-state index in [1.807, 2.05) is 0 Å². The Hall–Kier alpha value is -0.740. The Balaban J connectivity index is 2.85. The molecule has 0 aromatic heterocycles. The highest BCUT2D eigenvalue weighted by Gasteiger charge is 1.98. The second kappa shape index (κ2) is 3.43. The molecule has 10 heavy (non-hydrogen) atoms. The third-order valence-corrected chi connectivity index (χ3v) is 1.87. The second-order valence-electron chi connectivity index (χ2n) is 1.66. The van der Waals surface area contributed by atoms with Crippen LogP contribution in [0, 0.1) is 0 Å². The summed E-state index contributed by atoms with van der Waals surface area (Å²) < 4.78 is 22.2. The van der Waals surface area contributed by atoms with Crippen LogP contribution in [0.3, 0.4) is 0 Å². The Kier molecular flexibility index (Phi) is 2.53. The fourth-order valence-corrected chi connectivity index (χ4v) is 1.08. The molecule has 0 heterocycles. The van der Waals surface area contributed by atoms with Crippen molar-refractivity contribution in [3.63, 3.8) is 0 Å². The quantitative estimate of drug-likeness (QED) is 0.645. The molecule has 1 rings (SSSR count). The Labute approximate surface area is 60.6 Å². The van der Waals surface area contributed by atoms with E-state index in [9.17, 15) is 8.69 Å². The molecule has 2 nitrogen and oxygen atoms in total. The SMILES string of the molecule is O=S(NF)c1ccccc1. The molecule has 0 saturated carbocycles. The lowest BCUT2D eigenvalue weighted by atomic mass is 10.4. The number of hydrogen-bond acceptors (Lipinski definition) is 1. The standard InChI is InChI=1S/C6H6FNOS/c7-8-10(9)6-4-2-1-3-5-6/h1-5,8H. The van der Waals surface area contributed by atoms with Gasteiger partial charge in [-0.15, -0.1) is 4.48 Å². The fraction of sp³-hybridized carbons (Fsp3) is 0. The van der Waals surface area contributed by atoms with Gasteiger partial charge in [-0.3, -0.25) is 0 Å². The van der Waals surface area contributed by atoms with Crippen molar-refractivity contribution >= 4 is 11.0 Å². The maximum Gasteiger partial charge on any atom is 0.153 e. The zero-order valence-electron chi connectivity index (χ0n) is 5.08. The molecule has 0 amide bonds. The number of halogens is 1. The van der Waals surface area contributed by atoms with Crippen molar-refractivity contribution in [2.75, 3.05) is 0 Å². The first-order valence-electron chi connectivity index (χ1n) is 2.67. The summed E-state index contributed by atoms with van der Waals surface area (Å²) >= 11 is 0. The van der Waals surface area contributed by atoms with Crippen LogP contribution in [-0.2, 0) is 11.0 Å². The molecule has 0 bridgehead atoms. The molecule has 0 aliphatic heterocycles. The van der Waals surface area contributed by atoms with E-state index < -0.39 is 11.0 Å². The molecule has 0 fully saturated rings. The molecule has 0 radical (unpaired) electrons. The van der Waals surface area contributed by atoms with Crippen LogP contribution in [0.2, 0.25) is 0 Å². The summed E-state index contributed by atoms with van der Waals surface area (Å²) in [5.41, 5.74) is 0. The zero-order valence-corrected chi connectivity index (χ0v) is 5.90. The van der Waals surface area contributed by atoms with E-state index in [1.54, 1.807) is 30.3 Å². The zero-order chi connectivity index (χ0) is 7.40. The van der Waals surface area contributed by atoms with E-state index in [1.165, 1.54) is 0 Å². The molecule has 1 unspecified atom stereocenters. The van der Waals surface area contributed by atoms with Gasteiger partial charge in [-0.05, 0) is 12.1 Å². The van der Waals surface area contributed by atoms with Crippen molar-refractivity contribution in [3.05, 3.63) is 30.3 Å². The number of nitrogens with one attached hydrogen (secondary N) is 1. The Morgan fingerprint density at radius 2 is 1.90 bits per heavy atom. The normalized spacial score (nSPS) is 12.9. The van der Waals surface area contributed by atoms with Crippen LogP contribution in [0.15, 0.2) is 35.2 Å². The first-order chi connectivity index (χ1) is 4.84. The van der Waals surface area contributed by atoms with Crippen LogP contribution in [-0.4, -0.2) is 4.21 Å². The lowest BCUT2D eigenvalue weighted by Gasteiger charge is -1.93. The average Bonchev–Trinajstić information content (AvgIpc) is 2.05. The molecule has 0 aliphatic rings. The van der Waals surface area contributed by atoms with Gasteiger partial charge in [0.2, 0.25) is 0 Å². The van der Waals surface area contributed by atoms with Gasteiger partial charge in [0.1, 0.15) is 0 Å². The first-order valence-corrected chi connectivity index (χ1v) is 3.82. The van der Waals surface area contributed by atoms with Crippen LogP contribution in [0.25, 0.3) is 0 Å². The van der Waals surface area contributed by atoms with E-state index in [0.717, 1.165) is 4.94 Å². The number of rotatable bonds is 2. The van der Waals surface area contributed by atoms with Gasteiger partial charge in [0.05, 0.1) is 4.90 Å². The molecular formula is C6H6FNOS. The predicted octanol–water partition coefficient (Wildman–Crippen LogP) is 1.18. The van der Waals surface area contributed by atoms with E-state index in [4.69, 9.17) is 0 Å². The molecule has 54 valence electrons. The minimum Gasteiger partial charge on any atom is -0.235 e. The van der Waals surface area contributed by atoms with Crippen LogP contribution in [0.1, 0.15) is 0 Å². The van der Waals surface area contributed by atoms with Gasteiger partial charge in [-0.1, -0.05) is 23.1 Å². The van der Waals surface area contributed by atoms with E-state index in [0.29, 0.717) is 4.90 Å². The lowest BCUT2D eigenvalue weighted by Crippen LogP contribution is -2.04. The third kappa shape index (κ3) is 1.62. The highest BCUT2D eigenvalue weighted by molar-refractivity contribution is 7.82. The predicted molar refractivity (Wildman–Crippen MR) is 37.1 cm³/mol.